The van der Waals surface area contributed by atoms with Gasteiger partial charge < -0.3 is 4.74 Å². The number of rotatable bonds is 0. The van der Waals surface area contributed by atoms with E-state index in [0.29, 0.717) is 11.0 Å². The number of hydrogen-bond donors (Lipinski definition) is 1. The molecular formula is C11H11ClN2OS. The quantitative estimate of drug-likeness (QED) is 0.436. The number of hydrogen-bond acceptors (Lipinski definition) is 4. The Labute approximate surface area is 105 Å². The van der Waals surface area contributed by atoms with Crippen molar-refractivity contribution in [2.75, 3.05) is 13.1 Å². The van der Waals surface area contributed by atoms with Gasteiger partial charge in [0.25, 0.3) is 0 Å². The van der Waals surface area contributed by atoms with Crippen molar-refractivity contribution in [2.24, 2.45) is 0 Å². The minimum Gasteiger partial charge on any atom is -0.468 e. The van der Waals surface area contributed by atoms with Crippen molar-refractivity contribution < 1.29 is 4.74 Å². The molecule has 3 nitrogen and oxygen atoms in total. The van der Waals surface area contributed by atoms with E-state index in [-0.39, 0.29) is 6.10 Å². The van der Waals surface area contributed by atoms with Crippen LogP contribution in [-0.2, 0) is 6.42 Å². The number of fused-ring (bicyclic) bond motifs is 2. The highest BCUT2D eigenvalue weighted by Gasteiger charge is 2.29. The topological polar surface area (TPSA) is 25.4 Å². The molecule has 0 saturated carbocycles. The summed E-state index contributed by atoms with van der Waals surface area (Å²) in [5.41, 5.74) is 2.43. The summed E-state index contributed by atoms with van der Waals surface area (Å²) in [7, 11) is 0. The number of thiol groups is 1. The van der Waals surface area contributed by atoms with Gasteiger partial charge in [0.1, 0.15) is 11.3 Å². The zero-order valence-corrected chi connectivity index (χ0v) is 10.2. The Morgan fingerprint density at radius 1 is 1.50 bits per heavy atom. The van der Waals surface area contributed by atoms with E-state index < -0.39 is 0 Å². The summed E-state index contributed by atoms with van der Waals surface area (Å²) in [6, 6.07) is 3.78. The Morgan fingerprint density at radius 3 is 3.25 bits per heavy atom. The normalized spacial score (nSPS) is 24.1. The van der Waals surface area contributed by atoms with Gasteiger partial charge in [-0.1, -0.05) is 36.6 Å². The van der Waals surface area contributed by atoms with Gasteiger partial charge in [0.2, 0.25) is 5.88 Å². The lowest BCUT2D eigenvalue weighted by atomic mass is 9.96. The van der Waals surface area contributed by atoms with E-state index in [1.54, 1.807) is 6.07 Å². The van der Waals surface area contributed by atoms with Gasteiger partial charge >= 0.3 is 0 Å². The molecule has 1 aromatic rings. The number of aromatic nitrogens is 1. The van der Waals surface area contributed by atoms with Crippen molar-refractivity contribution in [1.29, 1.82) is 0 Å². The van der Waals surface area contributed by atoms with E-state index >= 15 is 0 Å². The molecular weight excluding hydrogens is 244 g/mol. The van der Waals surface area contributed by atoms with Crippen molar-refractivity contribution in [1.82, 2.24) is 9.29 Å². The predicted octanol–water partition coefficient (Wildman–Crippen LogP) is 2.13. The van der Waals surface area contributed by atoms with E-state index in [1.165, 1.54) is 5.57 Å². The lowest BCUT2D eigenvalue weighted by Gasteiger charge is -2.33. The molecule has 16 heavy (non-hydrogen) atoms. The van der Waals surface area contributed by atoms with Crippen LogP contribution >= 0.6 is 24.4 Å². The van der Waals surface area contributed by atoms with Gasteiger partial charge in [-0.15, -0.1) is 0 Å². The van der Waals surface area contributed by atoms with Crippen LogP contribution in [-0.4, -0.2) is 28.5 Å². The standard InChI is InChI=1S/C11H11ClN2OS/c12-10-2-1-8-5-7-3-4-14(16)6-9(7)15-11(8)13-10/h1-3,9,16H,4-6H2. The molecule has 0 saturated heterocycles. The molecule has 1 atom stereocenters. The maximum Gasteiger partial charge on any atom is 0.218 e. The summed E-state index contributed by atoms with van der Waals surface area (Å²) >= 11 is 10.2. The second-order valence-electron chi connectivity index (χ2n) is 4.03. The van der Waals surface area contributed by atoms with Gasteiger partial charge in [-0.05, 0) is 11.6 Å². The first-order valence-electron chi connectivity index (χ1n) is 5.17. The number of nitrogens with zero attached hydrogens (tertiary/aromatic N) is 2. The molecule has 1 aromatic heterocycles. The van der Waals surface area contributed by atoms with Crippen molar-refractivity contribution >= 4 is 24.4 Å². The van der Waals surface area contributed by atoms with E-state index in [2.05, 4.69) is 23.9 Å². The first kappa shape index (κ1) is 10.4. The van der Waals surface area contributed by atoms with Crippen molar-refractivity contribution in [3.63, 3.8) is 0 Å². The molecule has 0 aliphatic carbocycles. The Balaban J connectivity index is 1.96. The third-order valence-electron chi connectivity index (χ3n) is 2.91. The van der Waals surface area contributed by atoms with Crippen LogP contribution in [0.15, 0.2) is 23.8 Å². The molecule has 3 rings (SSSR count). The molecule has 1 unspecified atom stereocenters. The van der Waals surface area contributed by atoms with E-state index in [4.69, 9.17) is 16.3 Å². The van der Waals surface area contributed by atoms with Gasteiger partial charge in [0.15, 0.2) is 0 Å². The van der Waals surface area contributed by atoms with Gasteiger partial charge in [-0.25, -0.2) is 9.29 Å². The molecule has 84 valence electrons. The fraction of sp³-hybridized carbons (Fsp3) is 0.364. The van der Waals surface area contributed by atoms with Crippen molar-refractivity contribution in [3.05, 3.63) is 34.5 Å². The second-order valence-corrected chi connectivity index (χ2v) is 4.99. The molecule has 0 radical (unpaired) electrons. The highest BCUT2D eigenvalue weighted by molar-refractivity contribution is 7.77. The van der Waals surface area contributed by atoms with Crippen LogP contribution in [0.3, 0.4) is 0 Å². The fourth-order valence-corrected chi connectivity index (χ4v) is 2.44. The number of pyridine rings is 1. The van der Waals surface area contributed by atoms with Crippen LogP contribution in [0.5, 0.6) is 5.88 Å². The van der Waals surface area contributed by atoms with Crippen LogP contribution in [0.2, 0.25) is 5.15 Å². The summed E-state index contributed by atoms with van der Waals surface area (Å²) < 4.78 is 7.77. The van der Waals surface area contributed by atoms with Crippen molar-refractivity contribution in [3.8, 4) is 5.88 Å². The first-order chi connectivity index (χ1) is 7.72. The minimum atomic E-state index is 0.0738. The van der Waals surface area contributed by atoms with Gasteiger partial charge in [0, 0.05) is 18.5 Å². The van der Waals surface area contributed by atoms with Gasteiger partial charge in [-0.3, -0.25) is 0 Å². The molecule has 0 N–H and O–H groups in total. The van der Waals surface area contributed by atoms with Crippen LogP contribution in [0.25, 0.3) is 0 Å². The predicted molar refractivity (Wildman–Crippen MR) is 66.0 cm³/mol. The van der Waals surface area contributed by atoms with Crippen LogP contribution in [0.1, 0.15) is 5.56 Å². The van der Waals surface area contributed by atoms with Crippen LogP contribution < -0.4 is 4.74 Å². The average molecular weight is 255 g/mol. The molecule has 2 aliphatic heterocycles. The third-order valence-corrected chi connectivity index (χ3v) is 3.45. The molecule has 0 fully saturated rings. The zero-order chi connectivity index (χ0) is 11.1. The summed E-state index contributed by atoms with van der Waals surface area (Å²) in [5, 5.41) is 0.477. The highest BCUT2D eigenvalue weighted by Crippen LogP contribution is 2.32. The van der Waals surface area contributed by atoms with Gasteiger partial charge in [-0.2, -0.15) is 0 Å². The highest BCUT2D eigenvalue weighted by atomic mass is 35.5. The largest absolute Gasteiger partial charge is 0.468 e. The minimum absolute atomic E-state index is 0.0738. The van der Waals surface area contributed by atoms with E-state index in [0.717, 1.165) is 25.1 Å². The molecule has 2 aliphatic rings. The summed E-state index contributed by atoms with van der Waals surface area (Å²) in [6.07, 6.45) is 3.16. The number of halogens is 1. The monoisotopic (exact) mass is 254 g/mol. The molecule has 3 heterocycles. The Hall–Kier alpha value is -0.710. The fourth-order valence-electron chi connectivity index (χ4n) is 2.07. The second kappa shape index (κ2) is 3.95. The Bertz CT molecular complexity index is 463. The molecule has 0 spiro atoms. The SMILES string of the molecule is SN1CC=C2Cc3ccc(Cl)nc3OC2C1. The summed E-state index contributed by atoms with van der Waals surface area (Å²) in [5.74, 6) is 0.665. The maximum atomic E-state index is 5.85. The van der Waals surface area contributed by atoms with E-state index in [1.807, 2.05) is 10.4 Å². The first-order valence-corrected chi connectivity index (χ1v) is 5.95. The van der Waals surface area contributed by atoms with Crippen LogP contribution in [0.4, 0.5) is 0 Å². The third kappa shape index (κ3) is 1.81. The zero-order valence-electron chi connectivity index (χ0n) is 8.56. The van der Waals surface area contributed by atoms with E-state index in [9.17, 15) is 0 Å². The lowest BCUT2D eigenvalue weighted by molar-refractivity contribution is 0.179. The lowest BCUT2D eigenvalue weighted by Crippen LogP contribution is -2.39. The summed E-state index contributed by atoms with van der Waals surface area (Å²) in [4.78, 5) is 4.20. The molecule has 0 amide bonds. The molecule has 0 aromatic carbocycles. The smallest absolute Gasteiger partial charge is 0.218 e. The number of ether oxygens (including phenoxy) is 1. The van der Waals surface area contributed by atoms with Crippen LogP contribution in [0, 0.1) is 0 Å². The average Bonchev–Trinajstić information content (AvgIpc) is 2.26. The van der Waals surface area contributed by atoms with Crippen molar-refractivity contribution in [2.45, 2.75) is 12.5 Å². The molecule has 5 heteroatoms. The summed E-state index contributed by atoms with van der Waals surface area (Å²) in [6.45, 7) is 1.66. The van der Waals surface area contributed by atoms with Gasteiger partial charge in [0.05, 0.1) is 6.54 Å². The molecule has 0 bridgehead atoms. The maximum absolute atomic E-state index is 5.85. The Morgan fingerprint density at radius 2 is 2.38 bits per heavy atom. The Kier molecular flexibility index (Phi) is 2.58.